The third-order valence-corrected chi connectivity index (χ3v) is 17.3. The summed E-state index contributed by atoms with van der Waals surface area (Å²) < 4.78 is 17.3. The molecule has 0 aromatic carbocycles. The zero-order chi connectivity index (χ0) is 15.3. The molecule has 0 bridgehead atoms. The minimum absolute atomic E-state index is 0.309. The van der Waals surface area contributed by atoms with Gasteiger partial charge in [0.15, 0.2) is 3.79 Å². The van der Waals surface area contributed by atoms with Crippen LogP contribution in [0.2, 0.25) is 37.8 Å². The third-order valence-electron chi connectivity index (χ3n) is 3.24. The Morgan fingerprint density at radius 2 is 1.16 bits per heavy atom. The van der Waals surface area contributed by atoms with Gasteiger partial charge in [-0.15, -0.1) is 0 Å². The molecular formula is C10H23Cl3O3Si3. The number of hydrogen-bond acceptors (Lipinski definition) is 3. The predicted octanol–water partition coefficient (Wildman–Crippen LogP) is 5.07. The first kappa shape index (κ1) is 18.4. The molecular weight excluding hydrogens is 359 g/mol. The molecule has 0 saturated carbocycles. The van der Waals surface area contributed by atoms with Crippen molar-refractivity contribution in [3.63, 3.8) is 0 Å². The molecule has 0 radical (unpaired) electrons. The van der Waals surface area contributed by atoms with Gasteiger partial charge in [0.1, 0.15) is 0 Å². The van der Waals surface area contributed by atoms with Gasteiger partial charge in [0, 0.05) is 11.5 Å². The maximum atomic E-state index is 6.30. The molecule has 0 atom stereocenters. The van der Waals surface area contributed by atoms with Crippen molar-refractivity contribution in [1.29, 1.82) is 0 Å². The fraction of sp³-hybridized carbons (Fsp3) is 1.00. The number of halogens is 3. The Morgan fingerprint density at radius 3 is 1.47 bits per heavy atom. The molecule has 0 spiro atoms. The fourth-order valence-electron chi connectivity index (χ4n) is 2.53. The summed E-state index contributed by atoms with van der Waals surface area (Å²) in [7, 11) is -6.85. The van der Waals surface area contributed by atoms with Crippen LogP contribution in [0.5, 0.6) is 0 Å². The van der Waals surface area contributed by atoms with Crippen LogP contribution < -0.4 is 0 Å². The molecule has 0 amide bonds. The second-order valence-corrected chi connectivity index (χ2v) is 20.5. The van der Waals surface area contributed by atoms with E-state index in [-0.39, 0.29) is 5.04 Å². The normalized spacial score (nSPS) is 26.2. The molecule has 1 heterocycles. The van der Waals surface area contributed by atoms with Gasteiger partial charge in [-0.2, -0.15) is 0 Å². The zero-order valence-electron chi connectivity index (χ0n) is 12.6. The number of rotatable bonds is 2. The second-order valence-electron chi connectivity index (χ2n) is 6.73. The van der Waals surface area contributed by atoms with Crippen molar-refractivity contribution in [1.82, 2.24) is 0 Å². The van der Waals surface area contributed by atoms with Crippen molar-refractivity contribution in [2.75, 3.05) is 0 Å². The highest BCUT2D eigenvalue weighted by Gasteiger charge is 2.60. The lowest BCUT2D eigenvalue weighted by Gasteiger charge is -2.54. The van der Waals surface area contributed by atoms with E-state index in [1.807, 2.05) is 0 Å². The van der Waals surface area contributed by atoms with Gasteiger partial charge in [0.2, 0.25) is 0 Å². The Morgan fingerprint density at radius 1 is 0.789 bits per heavy atom. The first-order valence-electron chi connectivity index (χ1n) is 6.25. The summed E-state index contributed by atoms with van der Waals surface area (Å²) in [6.07, 6.45) is 0.405. The summed E-state index contributed by atoms with van der Waals surface area (Å²) in [5.74, 6) is 0. The quantitative estimate of drug-likeness (QED) is 0.494. The molecule has 0 aliphatic carbocycles. The Hall–Kier alpha value is 1.40. The summed E-state index contributed by atoms with van der Waals surface area (Å²) in [6, 6.07) is 0. The van der Waals surface area contributed by atoms with Crippen LogP contribution in [0.15, 0.2) is 0 Å². The van der Waals surface area contributed by atoms with E-state index >= 15 is 0 Å². The highest BCUT2D eigenvalue weighted by molar-refractivity contribution is 6.93. The maximum absolute atomic E-state index is 6.30. The van der Waals surface area contributed by atoms with Crippen LogP contribution in [0.25, 0.3) is 0 Å². The minimum atomic E-state index is -2.50. The summed E-state index contributed by atoms with van der Waals surface area (Å²) >= 11 is 17.9. The maximum Gasteiger partial charge on any atom is 0.323 e. The highest BCUT2D eigenvalue weighted by Crippen LogP contribution is 2.52. The lowest BCUT2D eigenvalue weighted by Crippen LogP contribution is -2.68. The molecule has 114 valence electrons. The average Bonchev–Trinajstić information content (AvgIpc) is 1.89. The molecule has 0 aromatic heterocycles. The summed E-state index contributed by atoms with van der Waals surface area (Å²) in [4.78, 5) is 0. The first-order chi connectivity index (χ1) is 8.08. The average molecular weight is 382 g/mol. The molecule has 1 saturated heterocycles. The topological polar surface area (TPSA) is 27.7 Å². The molecule has 0 aromatic rings. The van der Waals surface area contributed by atoms with Gasteiger partial charge in [-0.3, -0.25) is 0 Å². The van der Waals surface area contributed by atoms with Crippen LogP contribution in [-0.4, -0.2) is 29.5 Å². The Bertz CT molecular complexity index is 340. The van der Waals surface area contributed by atoms with Crippen molar-refractivity contribution < 1.29 is 12.3 Å². The van der Waals surface area contributed by atoms with Gasteiger partial charge in [-0.25, -0.2) is 0 Å². The van der Waals surface area contributed by atoms with Gasteiger partial charge in [-0.05, 0) is 32.7 Å². The standard InChI is InChI=1S/C10H23Cl3O3Si3/c1-9(2,8-10(11,12)13)19(7)15-17(3,4)14-18(5,6)16-19/h8H2,1-7H3. The summed E-state index contributed by atoms with van der Waals surface area (Å²) in [5.41, 5.74) is 0. The van der Waals surface area contributed by atoms with Gasteiger partial charge in [0.25, 0.3) is 0 Å². The fourth-order valence-corrected chi connectivity index (χ4v) is 20.5. The van der Waals surface area contributed by atoms with E-state index in [9.17, 15) is 0 Å². The summed E-state index contributed by atoms with van der Waals surface area (Å²) in [6.45, 7) is 14.4. The van der Waals surface area contributed by atoms with Crippen molar-refractivity contribution in [2.24, 2.45) is 0 Å². The minimum Gasteiger partial charge on any atom is -0.416 e. The van der Waals surface area contributed by atoms with Crippen LogP contribution in [0.1, 0.15) is 20.3 Å². The van der Waals surface area contributed by atoms with E-state index in [1.54, 1.807) is 0 Å². The monoisotopic (exact) mass is 380 g/mol. The SMILES string of the molecule is CC(C)(CC(Cl)(Cl)Cl)[Si]1(C)O[Si](C)(C)O[Si](C)(C)O1. The smallest absolute Gasteiger partial charge is 0.323 e. The van der Waals surface area contributed by atoms with Gasteiger partial charge < -0.3 is 12.3 Å². The van der Waals surface area contributed by atoms with Crippen molar-refractivity contribution in [3.8, 4) is 0 Å². The van der Waals surface area contributed by atoms with E-state index in [0.717, 1.165) is 0 Å². The van der Waals surface area contributed by atoms with E-state index in [1.165, 1.54) is 0 Å². The highest BCUT2D eigenvalue weighted by atomic mass is 35.6. The first-order valence-corrected chi connectivity index (χ1v) is 15.3. The third kappa shape index (κ3) is 4.96. The van der Waals surface area contributed by atoms with Crippen LogP contribution in [0, 0.1) is 0 Å². The van der Waals surface area contributed by atoms with Gasteiger partial charge in [-0.1, -0.05) is 48.7 Å². The zero-order valence-corrected chi connectivity index (χ0v) is 17.8. The summed E-state index contributed by atoms with van der Waals surface area (Å²) in [5, 5.41) is -0.309. The van der Waals surface area contributed by atoms with Crippen LogP contribution >= 0.6 is 34.8 Å². The molecule has 3 nitrogen and oxygen atoms in total. The largest absolute Gasteiger partial charge is 0.416 e. The number of hydrogen-bond donors (Lipinski definition) is 0. The lowest BCUT2D eigenvalue weighted by molar-refractivity contribution is 0.207. The number of alkyl halides is 3. The van der Waals surface area contributed by atoms with Gasteiger partial charge in [0.05, 0.1) is 0 Å². The van der Waals surface area contributed by atoms with Crippen molar-refractivity contribution >= 4 is 60.5 Å². The lowest BCUT2D eigenvalue weighted by atomic mass is 10.1. The van der Waals surface area contributed by atoms with E-state index in [0.29, 0.717) is 6.42 Å². The van der Waals surface area contributed by atoms with Gasteiger partial charge >= 0.3 is 25.7 Å². The Kier molecular flexibility index (Phi) is 5.09. The van der Waals surface area contributed by atoms with Crippen molar-refractivity contribution in [2.45, 2.75) is 61.8 Å². The van der Waals surface area contributed by atoms with Crippen molar-refractivity contribution in [3.05, 3.63) is 0 Å². The van der Waals surface area contributed by atoms with E-state index < -0.39 is 29.5 Å². The Balaban J connectivity index is 3.08. The molecule has 0 N–H and O–H groups in total. The Labute approximate surface area is 134 Å². The molecule has 1 aliphatic heterocycles. The van der Waals surface area contributed by atoms with Crippen LogP contribution in [-0.2, 0) is 12.3 Å². The molecule has 1 aliphatic rings. The molecule has 1 rings (SSSR count). The predicted molar refractivity (Wildman–Crippen MR) is 88.8 cm³/mol. The van der Waals surface area contributed by atoms with Crippen LogP contribution in [0.4, 0.5) is 0 Å². The van der Waals surface area contributed by atoms with E-state index in [4.69, 9.17) is 47.1 Å². The molecule has 0 unspecified atom stereocenters. The van der Waals surface area contributed by atoms with E-state index in [2.05, 4.69) is 46.6 Å². The van der Waals surface area contributed by atoms with Crippen LogP contribution in [0.3, 0.4) is 0 Å². The molecule has 1 fully saturated rings. The molecule has 19 heavy (non-hydrogen) atoms. The second kappa shape index (κ2) is 5.24. The molecule has 9 heteroatoms.